The van der Waals surface area contributed by atoms with Crippen molar-refractivity contribution in [2.75, 3.05) is 13.3 Å². The van der Waals surface area contributed by atoms with Gasteiger partial charge in [-0.25, -0.2) is 0 Å². The van der Waals surface area contributed by atoms with Crippen LogP contribution in [0.4, 0.5) is 0 Å². The quantitative estimate of drug-likeness (QED) is 0.847. The van der Waals surface area contributed by atoms with Crippen molar-refractivity contribution in [1.82, 2.24) is 15.5 Å². The number of fused-ring (bicyclic) bond motifs is 1. The van der Waals surface area contributed by atoms with Crippen LogP contribution < -0.4 is 14.8 Å². The molecule has 0 aliphatic carbocycles. The first-order valence-electron chi connectivity index (χ1n) is 5.87. The third-order valence-corrected chi connectivity index (χ3v) is 3.53. The second-order valence-electron chi connectivity index (χ2n) is 4.07. The molecule has 0 spiro atoms. The largest absolute Gasteiger partial charge is 0.454 e. The van der Waals surface area contributed by atoms with Crippen LogP contribution in [-0.2, 0) is 13.0 Å². The summed E-state index contributed by atoms with van der Waals surface area (Å²) < 4.78 is 16.3. The Balaban J connectivity index is 1.55. The highest BCUT2D eigenvalue weighted by Gasteiger charge is 2.15. The number of hydrogen-bond acceptors (Lipinski definition) is 6. The van der Waals surface area contributed by atoms with Gasteiger partial charge in [-0.15, -0.1) is 0 Å². The van der Waals surface area contributed by atoms with E-state index in [-0.39, 0.29) is 6.79 Å². The smallest absolute Gasteiger partial charge is 0.231 e. The van der Waals surface area contributed by atoms with E-state index in [1.165, 1.54) is 6.39 Å². The van der Waals surface area contributed by atoms with Crippen LogP contribution in [0.1, 0.15) is 11.4 Å². The van der Waals surface area contributed by atoms with Crippen LogP contribution in [0.25, 0.3) is 0 Å². The predicted octanol–water partition coefficient (Wildman–Crippen LogP) is 1.89. The van der Waals surface area contributed by atoms with Gasteiger partial charge in [-0.2, -0.15) is 4.98 Å². The van der Waals surface area contributed by atoms with Crippen molar-refractivity contribution in [3.8, 4) is 11.5 Å². The lowest BCUT2D eigenvalue weighted by Crippen LogP contribution is -2.17. The third kappa shape index (κ3) is 2.87. The number of benzene rings is 1. The summed E-state index contributed by atoms with van der Waals surface area (Å²) >= 11 is 3.53. The fourth-order valence-corrected chi connectivity index (χ4v) is 2.28. The van der Waals surface area contributed by atoms with E-state index < -0.39 is 0 Å². The molecule has 1 aliphatic heterocycles. The van der Waals surface area contributed by atoms with Crippen molar-refractivity contribution >= 4 is 15.9 Å². The monoisotopic (exact) mass is 325 g/mol. The lowest BCUT2D eigenvalue weighted by molar-refractivity contribution is 0.174. The molecule has 1 aromatic heterocycles. The number of halogens is 1. The van der Waals surface area contributed by atoms with Crippen LogP contribution in [0, 0.1) is 0 Å². The summed E-state index contributed by atoms with van der Waals surface area (Å²) in [6.45, 7) is 1.80. The van der Waals surface area contributed by atoms with Crippen molar-refractivity contribution in [2.45, 2.75) is 13.0 Å². The Morgan fingerprint density at radius 3 is 2.89 bits per heavy atom. The highest BCUT2D eigenvalue weighted by Crippen LogP contribution is 2.36. The highest BCUT2D eigenvalue weighted by atomic mass is 79.9. The molecule has 0 atom stereocenters. The van der Waals surface area contributed by atoms with Gasteiger partial charge in [-0.05, 0) is 17.7 Å². The first-order chi connectivity index (χ1) is 9.33. The van der Waals surface area contributed by atoms with Crippen LogP contribution in [0.15, 0.2) is 27.5 Å². The van der Waals surface area contributed by atoms with Crippen LogP contribution >= 0.6 is 15.9 Å². The van der Waals surface area contributed by atoms with Crippen LogP contribution in [-0.4, -0.2) is 23.5 Å². The summed E-state index contributed by atoms with van der Waals surface area (Å²) in [5, 5.41) is 7.08. The third-order valence-electron chi connectivity index (χ3n) is 2.79. The molecule has 6 nitrogen and oxygen atoms in total. The van der Waals surface area contributed by atoms with Crippen molar-refractivity contribution in [3.63, 3.8) is 0 Å². The fraction of sp³-hybridized carbons (Fsp3) is 0.333. The molecule has 0 saturated heterocycles. The summed E-state index contributed by atoms with van der Waals surface area (Å²) in [5.41, 5.74) is 1.12. The van der Waals surface area contributed by atoms with Gasteiger partial charge < -0.3 is 19.3 Å². The molecule has 0 fully saturated rings. The molecular formula is C12H12BrN3O3. The summed E-state index contributed by atoms with van der Waals surface area (Å²) in [6, 6.07) is 3.91. The minimum Gasteiger partial charge on any atom is -0.454 e. The first kappa shape index (κ1) is 12.4. The van der Waals surface area contributed by atoms with E-state index in [4.69, 9.17) is 9.47 Å². The molecule has 19 heavy (non-hydrogen) atoms. The molecule has 1 aliphatic rings. The number of ether oxygens (including phenoxy) is 2. The van der Waals surface area contributed by atoms with Gasteiger partial charge in [0, 0.05) is 24.0 Å². The van der Waals surface area contributed by atoms with Gasteiger partial charge in [0.1, 0.15) is 0 Å². The lowest BCUT2D eigenvalue weighted by Gasteiger charge is -2.07. The normalized spacial score (nSPS) is 12.9. The molecule has 2 aromatic rings. The van der Waals surface area contributed by atoms with Gasteiger partial charge in [0.05, 0.1) is 0 Å². The predicted molar refractivity (Wildman–Crippen MR) is 70.0 cm³/mol. The van der Waals surface area contributed by atoms with E-state index in [0.29, 0.717) is 5.82 Å². The van der Waals surface area contributed by atoms with Gasteiger partial charge in [0.15, 0.2) is 17.3 Å². The van der Waals surface area contributed by atoms with Gasteiger partial charge >= 0.3 is 0 Å². The molecule has 0 radical (unpaired) electrons. The number of nitrogens with one attached hydrogen (secondary N) is 1. The topological polar surface area (TPSA) is 69.4 Å². The molecule has 0 amide bonds. The molecule has 7 heteroatoms. The average Bonchev–Trinajstić information content (AvgIpc) is 3.05. The molecule has 0 bridgehead atoms. The van der Waals surface area contributed by atoms with E-state index in [1.807, 2.05) is 12.1 Å². The van der Waals surface area contributed by atoms with Gasteiger partial charge in [0.2, 0.25) is 13.2 Å². The maximum Gasteiger partial charge on any atom is 0.231 e. The zero-order chi connectivity index (χ0) is 13.1. The van der Waals surface area contributed by atoms with Crippen LogP contribution in [0.3, 0.4) is 0 Å². The van der Waals surface area contributed by atoms with E-state index in [9.17, 15) is 0 Å². The number of rotatable bonds is 5. The molecule has 1 aromatic carbocycles. The molecule has 3 rings (SSSR count). The van der Waals surface area contributed by atoms with Crippen LogP contribution in [0.2, 0.25) is 0 Å². The summed E-state index contributed by atoms with van der Waals surface area (Å²) in [4.78, 5) is 3.96. The van der Waals surface area contributed by atoms with Crippen molar-refractivity contribution < 1.29 is 14.0 Å². The van der Waals surface area contributed by atoms with Gasteiger partial charge in [-0.1, -0.05) is 21.1 Å². The Morgan fingerprint density at radius 1 is 1.26 bits per heavy atom. The summed E-state index contributed by atoms with van der Waals surface area (Å²) in [6.07, 6.45) is 2.07. The SMILES string of the molecule is Brc1cc2c(cc1CNCCc1ncon1)OCO2. The summed E-state index contributed by atoms with van der Waals surface area (Å²) in [7, 11) is 0. The lowest BCUT2D eigenvalue weighted by atomic mass is 10.2. The molecule has 0 saturated carbocycles. The zero-order valence-corrected chi connectivity index (χ0v) is 11.6. The number of aromatic nitrogens is 2. The van der Waals surface area contributed by atoms with E-state index in [0.717, 1.165) is 41.0 Å². The Labute approximate surface area is 118 Å². The Hall–Kier alpha value is -1.60. The van der Waals surface area contributed by atoms with Crippen molar-refractivity contribution in [3.05, 3.63) is 34.4 Å². The van der Waals surface area contributed by atoms with Gasteiger partial charge in [0.25, 0.3) is 0 Å². The fourth-order valence-electron chi connectivity index (χ4n) is 1.82. The molecular weight excluding hydrogens is 314 g/mol. The molecule has 1 N–H and O–H groups in total. The van der Waals surface area contributed by atoms with E-state index in [1.54, 1.807) is 0 Å². The average molecular weight is 326 g/mol. The maximum atomic E-state index is 5.36. The first-order valence-corrected chi connectivity index (χ1v) is 6.66. The highest BCUT2D eigenvalue weighted by molar-refractivity contribution is 9.10. The number of hydrogen-bond donors (Lipinski definition) is 1. The molecule has 100 valence electrons. The Bertz CT molecular complexity index is 560. The van der Waals surface area contributed by atoms with Crippen molar-refractivity contribution in [2.24, 2.45) is 0 Å². The second-order valence-corrected chi connectivity index (χ2v) is 4.93. The standard InChI is InChI=1S/C12H12BrN3O3/c13-9-4-11-10(17-7-18-11)3-8(9)5-14-2-1-12-15-6-19-16-12/h3-4,6,14H,1-2,5,7H2. The molecule has 2 heterocycles. The zero-order valence-electron chi connectivity index (χ0n) is 10.1. The minimum absolute atomic E-state index is 0.288. The maximum absolute atomic E-state index is 5.36. The number of nitrogens with zero attached hydrogens (tertiary/aromatic N) is 2. The second kappa shape index (κ2) is 5.58. The minimum atomic E-state index is 0.288. The summed E-state index contributed by atoms with van der Waals surface area (Å²) in [5.74, 6) is 2.28. The van der Waals surface area contributed by atoms with Crippen LogP contribution in [0.5, 0.6) is 11.5 Å². The van der Waals surface area contributed by atoms with E-state index in [2.05, 4.69) is 35.9 Å². The van der Waals surface area contributed by atoms with Gasteiger partial charge in [-0.3, -0.25) is 0 Å². The Kier molecular flexibility index (Phi) is 3.65. The van der Waals surface area contributed by atoms with E-state index >= 15 is 0 Å². The Morgan fingerprint density at radius 2 is 2.11 bits per heavy atom. The van der Waals surface area contributed by atoms with Crippen molar-refractivity contribution in [1.29, 1.82) is 0 Å². The molecule has 0 unspecified atom stereocenters.